The first kappa shape index (κ1) is 21.1. The van der Waals surface area contributed by atoms with Crippen LogP contribution in [0.2, 0.25) is 0 Å². The smallest absolute Gasteiger partial charge is 0.314 e. The predicted molar refractivity (Wildman–Crippen MR) is 81.2 cm³/mol. The Kier molecular flexibility index (Phi) is 7.37. The molecule has 0 amide bonds. The van der Waals surface area contributed by atoms with Gasteiger partial charge in [0.25, 0.3) is 0 Å². The maximum Gasteiger partial charge on any atom is 0.416 e. The van der Waals surface area contributed by atoms with Crippen molar-refractivity contribution >= 4 is 12.4 Å². The number of hydrogen-bond donors (Lipinski definition) is 1. The summed E-state index contributed by atoms with van der Waals surface area (Å²) in [5.74, 6) is 0. The molecule has 0 aliphatic carbocycles. The fourth-order valence-corrected chi connectivity index (χ4v) is 2.75. The number of benzene rings is 1. The van der Waals surface area contributed by atoms with Gasteiger partial charge in [0, 0.05) is 38.6 Å². The fourth-order valence-electron chi connectivity index (χ4n) is 2.75. The lowest BCUT2D eigenvalue weighted by Crippen LogP contribution is -2.45. The van der Waals surface area contributed by atoms with Crippen molar-refractivity contribution in [2.24, 2.45) is 0 Å². The summed E-state index contributed by atoms with van der Waals surface area (Å²) in [6.45, 7) is 2.46. The monoisotopic (exact) mass is 376 g/mol. The molecular weight excluding hydrogens is 358 g/mol. The SMILES string of the molecule is Cl.FC(F)(F)CC[C@H](c1ccc(C(F)(F)F)cc1)N1CCNCC1. The molecule has 0 saturated carbocycles. The minimum absolute atomic E-state index is 0. The molecule has 1 aliphatic rings. The third-order valence-electron chi connectivity index (χ3n) is 3.92. The maximum atomic E-state index is 12.6. The summed E-state index contributed by atoms with van der Waals surface area (Å²) >= 11 is 0. The van der Waals surface area contributed by atoms with Crippen molar-refractivity contribution in [2.75, 3.05) is 26.2 Å². The zero-order chi connectivity index (χ0) is 17.1. The van der Waals surface area contributed by atoms with E-state index in [0.717, 1.165) is 12.1 Å². The molecule has 1 saturated heterocycles. The summed E-state index contributed by atoms with van der Waals surface area (Å²) in [7, 11) is 0. The second-order valence-electron chi connectivity index (χ2n) is 5.58. The van der Waals surface area contributed by atoms with Crippen molar-refractivity contribution in [1.29, 1.82) is 0 Å². The number of piperazine rings is 1. The van der Waals surface area contributed by atoms with Crippen molar-refractivity contribution in [3.63, 3.8) is 0 Å². The third kappa shape index (κ3) is 6.14. The van der Waals surface area contributed by atoms with Gasteiger partial charge in [0.15, 0.2) is 0 Å². The van der Waals surface area contributed by atoms with E-state index in [0.29, 0.717) is 31.7 Å². The van der Waals surface area contributed by atoms with Crippen molar-refractivity contribution in [3.8, 4) is 0 Å². The van der Waals surface area contributed by atoms with Crippen LogP contribution in [0.4, 0.5) is 26.3 Å². The Morgan fingerprint density at radius 3 is 1.96 bits per heavy atom. The topological polar surface area (TPSA) is 15.3 Å². The minimum atomic E-state index is -4.45. The molecule has 24 heavy (non-hydrogen) atoms. The van der Waals surface area contributed by atoms with Gasteiger partial charge in [0.1, 0.15) is 0 Å². The first-order chi connectivity index (χ1) is 10.7. The first-order valence-corrected chi connectivity index (χ1v) is 7.35. The van der Waals surface area contributed by atoms with Crippen LogP contribution >= 0.6 is 12.4 Å². The van der Waals surface area contributed by atoms with Gasteiger partial charge in [-0.3, -0.25) is 4.90 Å². The molecule has 1 aromatic carbocycles. The summed E-state index contributed by atoms with van der Waals surface area (Å²) in [6, 6.07) is 3.90. The summed E-state index contributed by atoms with van der Waals surface area (Å²) in [4.78, 5) is 1.89. The zero-order valence-corrected chi connectivity index (χ0v) is 13.6. The normalized spacial score (nSPS) is 18.1. The Morgan fingerprint density at radius 1 is 0.958 bits per heavy atom. The first-order valence-electron chi connectivity index (χ1n) is 7.35. The molecule has 9 heteroatoms. The molecule has 1 fully saturated rings. The van der Waals surface area contributed by atoms with Gasteiger partial charge < -0.3 is 5.32 Å². The molecule has 0 radical (unpaired) electrons. The molecule has 1 aliphatic heterocycles. The molecule has 2 nitrogen and oxygen atoms in total. The van der Waals surface area contributed by atoms with Crippen LogP contribution in [0.1, 0.15) is 30.0 Å². The molecule has 0 unspecified atom stereocenters. The van der Waals surface area contributed by atoms with Crippen LogP contribution in [0.15, 0.2) is 24.3 Å². The standard InChI is InChI=1S/C15H18F6N2.ClH/c16-14(17,18)6-5-13(23-9-7-22-8-10-23)11-1-3-12(4-2-11)15(19,20)21;/h1-4,13,22H,5-10H2;1H/t13-;/m1./s1. The van der Waals surface area contributed by atoms with E-state index in [4.69, 9.17) is 0 Å². The highest BCUT2D eigenvalue weighted by Crippen LogP contribution is 2.34. The molecule has 2 rings (SSSR count). The van der Waals surface area contributed by atoms with E-state index in [1.807, 2.05) is 4.90 Å². The summed E-state index contributed by atoms with van der Waals surface area (Å²) in [6.07, 6.45) is -9.84. The van der Waals surface area contributed by atoms with Gasteiger partial charge in [-0.1, -0.05) is 12.1 Å². The van der Waals surface area contributed by atoms with Crippen molar-refractivity contribution in [3.05, 3.63) is 35.4 Å². The van der Waals surface area contributed by atoms with Crippen molar-refractivity contribution in [1.82, 2.24) is 10.2 Å². The van der Waals surface area contributed by atoms with Gasteiger partial charge in [0.05, 0.1) is 5.56 Å². The summed E-state index contributed by atoms with van der Waals surface area (Å²) in [5.41, 5.74) is -0.305. The van der Waals surface area contributed by atoms with E-state index < -0.39 is 30.4 Å². The minimum Gasteiger partial charge on any atom is -0.314 e. The number of alkyl halides is 6. The van der Waals surface area contributed by atoms with Crippen molar-refractivity contribution in [2.45, 2.75) is 31.2 Å². The van der Waals surface area contributed by atoms with Crippen LogP contribution in [-0.4, -0.2) is 37.3 Å². The lowest BCUT2D eigenvalue weighted by atomic mass is 9.98. The predicted octanol–water partition coefficient (Wildman–Crippen LogP) is 4.42. The molecule has 1 heterocycles. The van der Waals surface area contributed by atoms with Crippen LogP contribution < -0.4 is 5.32 Å². The van der Waals surface area contributed by atoms with E-state index in [9.17, 15) is 26.3 Å². The Hall–Kier alpha value is -0.990. The fraction of sp³-hybridized carbons (Fsp3) is 0.600. The quantitative estimate of drug-likeness (QED) is 0.783. The van der Waals surface area contributed by atoms with Crippen LogP contribution in [0.3, 0.4) is 0 Å². The Labute approximate surface area is 142 Å². The number of rotatable bonds is 4. The van der Waals surface area contributed by atoms with E-state index >= 15 is 0 Å². The highest BCUT2D eigenvalue weighted by molar-refractivity contribution is 5.85. The molecule has 0 bridgehead atoms. The summed E-state index contributed by atoms with van der Waals surface area (Å²) in [5, 5.41) is 3.11. The third-order valence-corrected chi connectivity index (χ3v) is 3.92. The Morgan fingerprint density at radius 2 is 1.50 bits per heavy atom. The van der Waals surface area contributed by atoms with E-state index in [1.165, 1.54) is 12.1 Å². The van der Waals surface area contributed by atoms with Gasteiger partial charge in [0.2, 0.25) is 0 Å². The van der Waals surface area contributed by atoms with E-state index in [-0.39, 0.29) is 18.8 Å². The van der Waals surface area contributed by atoms with Gasteiger partial charge in [-0.2, -0.15) is 26.3 Å². The van der Waals surface area contributed by atoms with Crippen LogP contribution in [-0.2, 0) is 6.18 Å². The molecule has 1 aromatic rings. The molecule has 1 atom stereocenters. The Balaban J connectivity index is 0.00000288. The highest BCUT2D eigenvalue weighted by atomic mass is 35.5. The van der Waals surface area contributed by atoms with Gasteiger partial charge in [-0.25, -0.2) is 0 Å². The second-order valence-corrected chi connectivity index (χ2v) is 5.58. The number of hydrogen-bond acceptors (Lipinski definition) is 2. The Bertz CT molecular complexity index is 494. The number of nitrogens with zero attached hydrogens (tertiary/aromatic N) is 1. The highest BCUT2D eigenvalue weighted by Gasteiger charge is 2.33. The average molecular weight is 377 g/mol. The van der Waals surface area contributed by atoms with Gasteiger partial charge in [-0.15, -0.1) is 12.4 Å². The van der Waals surface area contributed by atoms with Gasteiger partial charge in [-0.05, 0) is 24.1 Å². The maximum absolute atomic E-state index is 12.6. The number of nitrogens with one attached hydrogen (secondary N) is 1. The van der Waals surface area contributed by atoms with Crippen LogP contribution in [0, 0.1) is 0 Å². The zero-order valence-electron chi connectivity index (χ0n) is 12.8. The lowest BCUT2D eigenvalue weighted by molar-refractivity contribution is -0.138. The molecule has 138 valence electrons. The van der Waals surface area contributed by atoms with E-state index in [2.05, 4.69) is 5.32 Å². The number of halogens is 7. The van der Waals surface area contributed by atoms with Crippen LogP contribution in [0.5, 0.6) is 0 Å². The second kappa shape index (κ2) is 8.40. The molecule has 0 spiro atoms. The largest absolute Gasteiger partial charge is 0.416 e. The summed E-state index contributed by atoms with van der Waals surface area (Å²) < 4.78 is 75.5. The lowest BCUT2D eigenvalue weighted by Gasteiger charge is -2.35. The molecule has 0 aromatic heterocycles. The van der Waals surface area contributed by atoms with E-state index in [1.54, 1.807) is 0 Å². The average Bonchev–Trinajstić information content (AvgIpc) is 2.47. The molecule has 1 N–H and O–H groups in total. The molecular formula is C15H19ClF6N2. The van der Waals surface area contributed by atoms with Crippen LogP contribution in [0.25, 0.3) is 0 Å². The van der Waals surface area contributed by atoms with Crippen molar-refractivity contribution < 1.29 is 26.3 Å². The van der Waals surface area contributed by atoms with Gasteiger partial charge >= 0.3 is 12.4 Å².